The van der Waals surface area contributed by atoms with Gasteiger partial charge < -0.3 is 34.4 Å². The van der Waals surface area contributed by atoms with E-state index in [1.165, 1.54) is 34.2 Å². The van der Waals surface area contributed by atoms with Crippen molar-refractivity contribution < 1.29 is 37.4 Å². The van der Waals surface area contributed by atoms with Gasteiger partial charge in [0.15, 0.2) is 28.9 Å². The number of nitrogens with zero attached hydrogens (tertiary/aromatic N) is 22. The standard InChI is InChI=1S/2C24H23FN4O2.C22H25N7O.C21H24N8O/c1-15-3-8-22(28-13-15)31-21-11-16-4-7-20(21)29(14-16)24(30)18-6-5-17(25)12-19(18)23-26-9-2-10-27-23;1-15-6-9-22(26-11-15)31-21-10-16-7-8-20(21)29(14-16)24(30)19-5-3-2-4-18(19)23-27-12-17(25)13-28-23;1-14-3-5-20(29-25-7-8-26-29)21(27-14)22(30)28-13-16-4-6-19(28)17(9-16)10-18-12-23-15(2)11-24-18;1-13-3-5-18(29-24-7-8-25-29)20(26-13)21(30)28-12-15-4-6-17(28)16(9-15)27-19-11-22-14(2)10-23-19/h2-3,5-6,8-10,12-13,16,20-21H,4,7,11,14H2,1H3;2-6,9,11-13,16,20-21H,7-8,10,14H2,1H3;3,5,7-8,11-12,16-17,19H,4,6,9-10,13H2,1-2H3;3,5,7-8,10-11,15-17H,4,6,9,12H2,1-2H3,(H,23,27). The van der Waals surface area contributed by atoms with Crippen molar-refractivity contribution in [2.45, 2.75) is 167 Å². The average molecular weight is 1640 g/mol. The number of pyridine rings is 4. The van der Waals surface area contributed by atoms with Crippen LogP contribution in [0.2, 0.25) is 0 Å². The van der Waals surface area contributed by atoms with Gasteiger partial charge in [0.2, 0.25) is 11.8 Å². The van der Waals surface area contributed by atoms with E-state index in [2.05, 4.69) is 85.5 Å². The number of anilines is 1. The fourth-order valence-electron chi connectivity index (χ4n) is 18.8. The molecule has 8 bridgehead atoms. The maximum absolute atomic E-state index is 14.0. The van der Waals surface area contributed by atoms with Crippen molar-refractivity contribution in [3.05, 3.63) is 258 Å². The summed E-state index contributed by atoms with van der Waals surface area (Å²) in [5.74, 6) is 3.53. The Labute approximate surface area is 704 Å². The molecular formula is C91H95F2N23O6. The van der Waals surface area contributed by atoms with E-state index in [0.29, 0.717) is 111 Å². The number of amides is 4. The van der Waals surface area contributed by atoms with Gasteiger partial charge in [-0.05, 0) is 220 Å². The molecule has 122 heavy (non-hydrogen) atoms. The molecule has 1 N–H and O–H groups in total. The minimum atomic E-state index is -0.509. The molecule has 12 atom stereocenters. The van der Waals surface area contributed by atoms with Gasteiger partial charge in [0.05, 0.1) is 95.9 Å². The molecule has 4 amide bonds. The molecule has 8 saturated heterocycles. The van der Waals surface area contributed by atoms with Crippen molar-refractivity contribution in [2.75, 3.05) is 31.5 Å². The third kappa shape index (κ3) is 18.1. The normalized spacial score (nSPS) is 22.7. The third-order valence-electron chi connectivity index (χ3n) is 24.6. The molecule has 624 valence electrons. The van der Waals surface area contributed by atoms with Gasteiger partial charge in [-0.2, -0.15) is 20.4 Å². The third-order valence-corrected chi connectivity index (χ3v) is 24.6. The van der Waals surface area contributed by atoms with E-state index in [-0.39, 0.29) is 66.0 Å². The van der Waals surface area contributed by atoms with Crippen LogP contribution < -0.4 is 14.8 Å². The minimum absolute atomic E-state index is 0.0113. The van der Waals surface area contributed by atoms with Gasteiger partial charge in [-0.15, -0.1) is 9.59 Å². The number of nitrogens with one attached hydrogen (secondary N) is 1. The highest BCUT2D eigenvalue weighted by Crippen LogP contribution is 2.44. The number of hydrogen-bond acceptors (Lipinski definition) is 23. The number of hydrogen-bond donors (Lipinski definition) is 1. The number of aromatic nitrogens is 18. The van der Waals surface area contributed by atoms with Gasteiger partial charge in [-0.25, -0.2) is 53.6 Å². The summed E-state index contributed by atoms with van der Waals surface area (Å²) in [5.41, 5.74) is 10.5. The Morgan fingerprint density at radius 1 is 0.402 bits per heavy atom. The van der Waals surface area contributed by atoms with Crippen LogP contribution in [-0.4, -0.2) is 202 Å². The zero-order valence-electron chi connectivity index (χ0n) is 68.8. The molecule has 0 spiro atoms. The molecule has 0 radical (unpaired) electrons. The van der Waals surface area contributed by atoms with E-state index < -0.39 is 11.6 Å². The van der Waals surface area contributed by atoms with E-state index in [1.807, 2.05) is 134 Å². The molecule has 12 fully saturated rings. The fraction of sp³-hybridized carbons (Fsp3) is 0.385. The number of aryl methyl sites for hydroxylation is 6. The Kier molecular flexibility index (Phi) is 23.9. The molecule has 31 heteroatoms. The summed E-state index contributed by atoms with van der Waals surface area (Å²) in [4.78, 5) is 117. The van der Waals surface area contributed by atoms with E-state index in [9.17, 15) is 28.0 Å². The van der Waals surface area contributed by atoms with Crippen LogP contribution in [0.5, 0.6) is 11.8 Å². The van der Waals surface area contributed by atoms with E-state index >= 15 is 0 Å². The highest BCUT2D eigenvalue weighted by Gasteiger charge is 2.49. The minimum Gasteiger partial charge on any atom is -0.472 e. The quantitative estimate of drug-likeness (QED) is 0.0939. The first-order chi connectivity index (χ1) is 59.3. The number of halogens is 2. The van der Waals surface area contributed by atoms with Gasteiger partial charge in [0.1, 0.15) is 35.2 Å². The molecule has 4 saturated carbocycles. The van der Waals surface area contributed by atoms with E-state index in [0.717, 1.165) is 148 Å². The molecule has 10 aromatic heterocycles. The number of carbonyl (C=O) groups excluding carboxylic acids is 4. The highest BCUT2D eigenvalue weighted by atomic mass is 19.1. The highest BCUT2D eigenvalue weighted by molar-refractivity contribution is 6.02. The van der Waals surface area contributed by atoms with Crippen molar-refractivity contribution in [1.82, 2.24) is 109 Å². The molecule has 29 nitrogen and oxygen atoms in total. The van der Waals surface area contributed by atoms with Gasteiger partial charge in [-0.1, -0.05) is 30.3 Å². The molecule has 12 aliphatic rings. The van der Waals surface area contributed by atoms with Crippen LogP contribution in [0.25, 0.3) is 34.2 Å². The zero-order valence-corrected chi connectivity index (χ0v) is 68.8. The van der Waals surface area contributed by atoms with Crippen molar-refractivity contribution in [3.8, 4) is 45.9 Å². The number of benzene rings is 2. The monoisotopic (exact) mass is 1640 g/mol. The Balaban J connectivity index is 0.000000116. The van der Waals surface area contributed by atoms with Crippen LogP contribution in [0, 0.1) is 82.8 Å². The summed E-state index contributed by atoms with van der Waals surface area (Å²) in [7, 11) is 0. The van der Waals surface area contributed by atoms with Crippen LogP contribution in [-0.2, 0) is 6.42 Å². The Bertz CT molecular complexity index is 5500. The van der Waals surface area contributed by atoms with Crippen LogP contribution in [0.15, 0.2) is 184 Å². The maximum Gasteiger partial charge on any atom is 0.275 e. The number of ether oxygens (including phenoxy) is 2. The summed E-state index contributed by atoms with van der Waals surface area (Å²) >= 11 is 0. The molecule has 18 heterocycles. The molecule has 12 aromatic rings. The number of fused-ring (bicyclic) bond motifs is 12. The summed E-state index contributed by atoms with van der Waals surface area (Å²) in [6.07, 6.45) is 35.5. The van der Waals surface area contributed by atoms with Gasteiger partial charge in [-0.3, -0.25) is 34.1 Å². The van der Waals surface area contributed by atoms with Crippen molar-refractivity contribution in [3.63, 3.8) is 0 Å². The molecule has 2 aromatic carbocycles. The summed E-state index contributed by atoms with van der Waals surface area (Å²) in [6.45, 7) is 14.6. The van der Waals surface area contributed by atoms with Gasteiger partial charge >= 0.3 is 0 Å². The lowest BCUT2D eigenvalue weighted by Crippen LogP contribution is -2.60. The lowest BCUT2D eigenvalue weighted by atomic mass is 9.71. The van der Waals surface area contributed by atoms with Crippen LogP contribution >= 0.6 is 0 Å². The first-order valence-electron chi connectivity index (χ1n) is 41.9. The summed E-state index contributed by atoms with van der Waals surface area (Å²) in [5, 5.41) is 20.3. The number of piperidine rings is 8. The van der Waals surface area contributed by atoms with E-state index in [4.69, 9.17) is 9.47 Å². The topological polar surface area (TPSA) is 328 Å². The second-order valence-electron chi connectivity index (χ2n) is 33.2. The maximum atomic E-state index is 14.0. The molecule has 8 aliphatic heterocycles. The second kappa shape index (κ2) is 36.0. The first kappa shape index (κ1) is 81.2. The van der Waals surface area contributed by atoms with Gasteiger partial charge in [0.25, 0.3) is 23.6 Å². The largest absolute Gasteiger partial charge is 0.472 e. The van der Waals surface area contributed by atoms with Crippen molar-refractivity contribution >= 4 is 29.4 Å². The molecular weight excluding hydrogens is 1550 g/mol. The number of rotatable bonds is 16. The lowest BCUT2D eigenvalue weighted by Gasteiger charge is -2.50. The molecule has 4 aliphatic carbocycles. The molecule has 24 rings (SSSR count). The van der Waals surface area contributed by atoms with Crippen molar-refractivity contribution in [1.29, 1.82) is 0 Å². The second-order valence-corrected chi connectivity index (χ2v) is 33.2. The summed E-state index contributed by atoms with van der Waals surface area (Å²) < 4.78 is 39.7. The first-order valence-corrected chi connectivity index (χ1v) is 41.9. The fourth-order valence-corrected chi connectivity index (χ4v) is 18.8. The molecule has 12 unspecified atom stereocenters. The smallest absolute Gasteiger partial charge is 0.275 e. The van der Waals surface area contributed by atoms with Crippen molar-refractivity contribution in [2.24, 2.45) is 29.6 Å². The number of carbonyl (C=O) groups is 4. The lowest BCUT2D eigenvalue weighted by molar-refractivity contribution is -0.0313. The summed E-state index contributed by atoms with van der Waals surface area (Å²) in [6, 6.07) is 28.7. The van der Waals surface area contributed by atoms with E-state index in [1.54, 1.807) is 80.2 Å². The average Bonchev–Trinajstić information content (AvgIpc) is 1.05. The van der Waals surface area contributed by atoms with Gasteiger partial charge in [0, 0.05) is 110 Å². The Hall–Kier alpha value is -13.2. The predicted octanol–water partition coefficient (Wildman–Crippen LogP) is 12.8. The van der Waals surface area contributed by atoms with Crippen LogP contribution in [0.1, 0.15) is 158 Å². The van der Waals surface area contributed by atoms with Crippen LogP contribution in [0.4, 0.5) is 14.6 Å². The SMILES string of the molecule is Cc1ccc(OC2CC3CCC2N(C(=O)c2ccc(F)cc2-c2ncccn2)C3)nc1.Cc1ccc(OC2CC3CCC2N(C(=O)c2ccccc2-c2ncc(F)cn2)C3)nc1.Cc1cnc(CC2CC3CCC2N(C(=O)c2nc(C)ccc2-n2nccn2)C3)cn1.Cc1cnc(NC2CC3CCC2N(C(=O)c2nc(C)ccc2-n2nccn2)C3)cn1. The Morgan fingerprint density at radius 2 is 0.893 bits per heavy atom. The predicted molar refractivity (Wildman–Crippen MR) is 446 cm³/mol. The van der Waals surface area contributed by atoms with Crippen LogP contribution in [0.3, 0.4) is 0 Å². The zero-order chi connectivity index (χ0) is 84.1. The Morgan fingerprint density at radius 3 is 1.40 bits per heavy atom.